The molecule has 0 spiro atoms. The molecule has 120 valence electrons. The number of nitrogens with one attached hydrogen (secondary N) is 2. The van der Waals surface area contributed by atoms with Crippen molar-refractivity contribution >= 4 is 16.0 Å². The van der Waals surface area contributed by atoms with Gasteiger partial charge in [-0.3, -0.25) is 0 Å². The lowest BCUT2D eigenvalue weighted by atomic mass is 10.2. The number of hydrogen-bond donors (Lipinski definition) is 3. The first-order chi connectivity index (χ1) is 9.74. The molecule has 1 atom stereocenters. The van der Waals surface area contributed by atoms with E-state index in [1.807, 2.05) is 0 Å². The van der Waals surface area contributed by atoms with E-state index >= 15 is 0 Å². The number of aromatic nitrogens is 1. The summed E-state index contributed by atoms with van der Waals surface area (Å²) >= 11 is 0. The normalized spacial score (nSPS) is 13.2. The monoisotopic (exact) mass is 318 g/mol. The molecule has 0 radical (unpaired) electrons. The summed E-state index contributed by atoms with van der Waals surface area (Å²) in [5, 5.41) is 9.46. The molecule has 0 aliphatic heterocycles. The molecule has 0 aromatic carbocycles. The van der Waals surface area contributed by atoms with E-state index in [0.717, 1.165) is 0 Å². The van der Waals surface area contributed by atoms with Gasteiger partial charge in [-0.25, -0.2) is 17.9 Å². The van der Waals surface area contributed by atoms with Gasteiger partial charge in [-0.15, -0.1) is 0 Å². The molecular weight excluding hydrogens is 296 g/mol. The van der Waals surface area contributed by atoms with Gasteiger partial charge in [-0.2, -0.15) is 0 Å². The van der Waals surface area contributed by atoms with Crippen molar-refractivity contribution in [3.05, 3.63) is 17.0 Å². The molecule has 0 aliphatic carbocycles. The van der Waals surface area contributed by atoms with Gasteiger partial charge in [0.1, 0.15) is 10.6 Å². The molecule has 1 aromatic rings. The topological polar surface area (TPSA) is 108 Å². The largest absolute Gasteiger partial charge is 0.461 e. The van der Waals surface area contributed by atoms with Crippen LogP contribution >= 0.6 is 0 Å². The van der Waals surface area contributed by atoms with Crippen molar-refractivity contribution in [1.29, 1.82) is 0 Å². The molecule has 0 amide bonds. The van der Waals surface area contributed by atoms with Crippen molar-refractivity contribution in [3.63, 3.8) is 0 Å². The number of carbonyl (C=O) groups excluding carboxylic acids is 1. The van der Waals surface area contributed by atoms with Crippen molar-refractivity contribution in [2.24, 2.45) is 0 Å². The molecule has 0 saturated heterocycles. The third-order valence-corrected chi connectivity index (χ3v) is 4.79. The second-order valence-corrected chi connectivity index (χ2v) is 6.42. The quantitative estimate of drug-likeness (QED) is 0.646. The maximum absolute atomic E-state index is 12.3. The predicted molar refractivity (Wildman–Crippen MR) is 77.7 cm³/mol. The third kappa shape index (κ3) is 4.05. The second-order valence-electron chi connectivity index (χ2n) is 4.71. The minimum Gasteiger partial charge on any atom is -0.461 e. The van der Waals surface area contributed by atoms with Crippen molar-refractivity contribution in [3.8, 4) is 0 Å². The Hall–Kier alpha value is -1.38. The van der Waals surface area contributed by atoms with E-state index in [4.69, 9.17) is 4.74 Å². The van der Waals surface area contributed by atoms with E-state index < -0.39 is 22.1 Å². The highest BCUT2D eigenvalue weighted by Gasteiger charge is 2.27. The molecule has 1 unspecified atom stereocenters. The Bertz CT molecular complexity index is 606. The third-order valence-electron chi connectivity index (χ3n) is 3.10. The van der Waals surface area contributed by atoms with Crippen molar-refractivity contribution < 1.29 is 23.1 Å². The maximum Gasteiger partial charge on any atom is 0.355 e. The van der Waals surface area contributed by atoms with E-state index in [1.165, 1.54) is 0 Å². The number of aliphatic hydroxyl groups is 1. The van der Waals surface area contributed by atoms with Crippen LogP contribution in [0.5, 0.6) is 0 Å². The number of aryl methyl sites for hydroxylation is 1. The zero-order chi connectivity index (χ0) is 16.2. The molecule has 0 fully saturated rings. The lowest BCUT2D eigenvalue weighted by molar-refractivity contribution is 0.0519. The van der Waals surface area contributed by atoms with Crippen molar-refractivity contribution in [2.75, 3.05) is 13.2 Å². The highest BCUT2D eigenvalue weighted by Crippen LogP contribution is 2.23. The van der Waals surface area contributed by atoms with E-state index in [9.17, 15) is 18.3 Å². The Balaban J connectivity index is 3.10. The molecule has 0 aliphatic rings. The molecule has 7 nitrogen and oxygen atoms in total. The predicted octanol–water partition coefficient (Wildman–Crippen LogP) is 0.857. The number of carbonyl (C=O) groups is 1. The Kier molecular flexibility index (Phi) is 5.94. The van der Waals surface area contributed by atoms with E-state index in [0.29, 0.717) is 17.7 Å². The van der Waals surface area contributed by atoms with Crippen LogP contribution in [-0.4, -0.2) is 43.7 Å². The molecule has 0 saturated carbocycles. The van der Waals surface area contributed by atoms with Crippen LogP contribution in [0, 0.1) is 13.8 Å². The summed E-state index contributed by atoms with van der Waals surface area (Å²) in [6.07, 6.45) is -0.300. The van der Waals surface area contributed by atoms with Crippen LogP contribution in [0.15, 0.2) is 4.90 Å². The molecule has 1 heterocycles. The van der Waals surface area contributed by atoms with Crippen LogP contribution in [0.4, 0.5) is 0 Å². The number of rotatable bonds is 7. The van der Waals surface area contributed by atoms with Gasteiger partial charge < -0.3 is 14.8 Å². The van der Waals surface area contributed by atoms with Crippen molar-refractivity contribution in [1.82, 2.24) is 9.71 Å². The Labute approximate surface area is 124 Å². The minimum absolute atomic E-state index is 0.0221. The summed E-state index contributed by atoms with van der Waals surface area (Å²) < 4.78 is 31.8. The number of sulfonamides is 1. The highest BCUT2D eigenvalue weighted by molar-refractivity contribution is 7.89. The van der Waals surface area contributed by atoms with Gasteiger partial charge in [0.05, 0.1) is 12.7 Å². The fraction of sp³-hybridized carbons (Fsp3) is 0.615. The van der Waals surface area contributed by atoms with Crippen LogP contribution in [0.1, 0.15) is 42.0 Å². The van der Waals surface area contributed by atoms with Crippen molar-refractivity contribution in [2.45, 2.75) is 45.1 Å². The highest BCUT2D eigenvalue weighted by atomic mass is 32.2. The summed E-state index contributed by atoms with van der Waals surface area (Å²) in [5.74, 6) is -0.590. The molecule has 21 heavy (non-hydrogen) atoms. The van der Waals surface area contributed by atoms with Crippen LogP contribution in [0.3, 0.4) is 0 Å². The lowest BCUT2D eigenvalue weighted by Gasteiger charge is -2.11. The summed E-state index contributed by atoms with van der Waals surface area (Å²) in [5.41, 5.74) is 0.796. The average Bonchev–Trinajstić information content (AvgIpc) is 2.72. The Morgan fingerprint density at radius 1 is 1.38 bits per heavy atom. The molecule has 1 rings (SSSR count). The molecular formula is C13H22N2O5S. The Morgan fingerprint density at radius 3 is 2.52 bits per heavy atom. The van der Waals surface area contributed by atoms with Gasteiger partial charge >= 0.3 is 5.97 Å². The number of hydrogen-bond acceptors (Lipinski definition) is 5. The van der Waals surface area contributed by atoms with Gasteiger partial charge in [0, 0.05) is 17.8 Å². The zero-order valence-electron chi connectivity index (χ0n) is 12.7. The number of ether oxygens (including phenoxy) is 1. The standard InChI is InChI=1S/C13H22N2O5S/c1-5-10(16)7-14-21(18,19)12-8(3)11(15-9(12)4)13(17)20-6-2/h10,14-16H,5-7H2,1-4H3. The van der Waals surface area contributed by atoms with Crippen LogP contribution < -0.4 is 4.72 Å². The van der Waals surface area contributed by atoms with E-state index in [2.05, 4.69) is 9.71 Å². The first kappa shape index (κ1) is 17.7. The maximum atomic E-state index is 12.3. The lowest BCUT2D eigenvalue weighted by Crippen LogP contribution is -2.32. The van der Waals surface area contributed by atoms with Gasteiger partial charge in [-0.05, 0) is 27.2 Å². The van der Waals surface area contributed by atoms with E-state index in [1.54, 1.807) is 27.7 Å². The van der Waals surface area contributed by atoms with Gasteiger partial charge in [0.15, 0.2) is 0 Å². The Morgan fingerprint density at radius 2 is 2.00 bits per heavy atom. The zero-order valence-corrected chi connectivity index (χ0v) is 13.5. The average molecular weight is 318 g/mol. The smallest absolute Gasteiger partial charge is 0.355 e. The summed E-state index contributed by atoms with van der Waals surface area (Å²) in [6.45, 7) is 6.68. The first-order valence-corrected chi connectivity index (χ1v) is 8.26. The molecule has 0 bridgehead atoms. The first-order valence-electron chi connectivity index (χ1n) is 6.78. The van der Waals surface area contributed by atoms with Gasteiger partial charge in [0.2, 0.25) is 10.0 Å². The number of H-pyrrole nitrogens is 1. The fourth-order valence-corrected chi connectivity index (χ4v) is 3.48. The van der Waals surface area contributed by atoms with Crippen LogP contribution in [0.25, 0.3) is 0 Å². The number of esters is 1. The SMILES string of the molecule is CCOC(=O)c1[nH]c(C)c(S(=O)(=O)NCC(O)CC)c1C. The number of aromatic amines is 1. The molecule has 3 N–H and O–H groups in total. The summed E-state index contributed by atoms with van der Waals surface area (Å²) in [7, 11) is -3.80. The van der Waals surface area contributed by atoms with Crippen LogP contribution in [-0.2, 0) is 14.8 Å². The summed E-state index contributed by atoms with van der Waals surface area (Å²) in [6, 6.07) is 0. The number of aliphatic hydroxyl groups excluding tert-OH is 1. The molecule has 1 aromatic heterocycles. The van der Waals surface area contributed by atoms with E-state index in [-0.39, 0.29) is 23.7 Å². The molecule has 8 heteroatoms. The van der Waals surface area contributed by atoms with Gasteiger partial charge in [-0.1, -0.05) is 6.92 Å². The second kappa shape index (κ2) is 7.06. The fourth-order valence-electron chi connectivity index (χ4n) is 1.97. The summed E-state index contributed by atoms with van der Waals surface area (Å²) in [4.78, 5) is 14.5. The van der Waals surface area contributed by atoms with Crippen LogP contribution in [0.2, 0.25) is 0 Å². The minimum atomic E-state index is -3.80. The van der Waals surface area contributed by atoms with Gasteiger partial charge in [0.25, 0.3) is 0 Å².